The highest BCUT2D eigenvalue weighted by Crippen LogP contribution is 2.41. The molecule has 104 valence electrons. The van der Waals surface area contributed by atoms with Crippen molar-refractivity contribution in [3.8, 4) is 11.5 Å². The predicted octanol–water partition coefficient (Wildman–Crippen LogP) is 3.87. The maximum absolute atomic E-state index is 6.27. The maximum atomic E-state index is 6.27. The molecule has 0 aliphatic carbocycles. The largest absolute Gasteiger partial charge is 0.497 e. The molecule has 0 fully saturated rings. The first kappa shape index (κ1) is 13.3. The summed E-state index contributed by atoms with van der Waals surface area (Å²) < 4.78 is 11.3. The van der Waals surface area contributed by atoms with Gasteiger partial charge in [-0.2, -0.15) is 0 Å². The van der Waals surface area contributed by atoms with Crippen molar-refractivity contribution < 1.29 is 9.47 Å². The van der Waals surface area contributed by atoms with Crippen molar-refractivity contribution in [2.24, 2.45) is 5.73 Å². The first-order valence-electron chi connectivity index (χ1n) is 6.53. The van der Waals surface area contributed by atoms with Crippen molar-refractivity contribution >= 4 is 11.6 Å². The predicted molar refractivity (Wildman–Crippen MR) is 79.4 cm³/mol. The van der Waals surface area contributed by atoms with E-state index < -0.39 is 0 Å². The summed E-state index contributed by atoms with van der Waals surface area (Å²) in [5.41, 5.74) is 8.35. The molecule has 2 aromatic rings. The van der Waals surface area contributed by atoms with E-state index in [-0.39, 0.29) is 12.1 Å². The van der Waals surface area contributed by atoms with E-state index in [1.807, 2.05) is 42.5 Å². The number of hydrogen-bond acceptors (Lipinski definition) is 3. The van der Waals surface area contributed by atoms with Crippen LogP contribution >= 0.6 is 11.6 Å². The number of fused-ring (bicyclic) bond motifs is 1. The van der Waals surface area contributed by atoms with E-state index in [1.54, 1.807) is 7.11 Å². The summed E-state index contributed by atoms with van der Waals surface area (Å²) in [5.74, 6) is 1.62. The average Bonchev–Trinajstić information content (AvgIpc) is 2.47. The maximum Gasteiger partial charge on any atom is 0.126 e. The molecule has 1 aliphatic heterocycles. The first-order valence-corrected chi connectivity index (χ1v) is 6.91. The van der Waals surface area contributed by atoms with Gasteiger partial charge in [0, 0.05) is 23.0 Å². The Labute approximate surface area is 123 Å². The van der Waals surface area contributed by atoms with Crippen LogP contribution in [0.2, 0.25) is 5.02 Å². The lowest BCUT2D eigenvalue weighted by Crippen LogP contribution is -2.24. The summed E-state index contributed by atoms with van der Waals surface area (Å²) >= 11 is 5.91. The topological polar surface area (TPSA) is 44.5 Å². The quantitative estimate of drug-likeness (QED) is 0.913. The van der Waals surface area contributed by atoms with Crippen LogP contribution in [0.4, 0.5) is 0 Å². The SMILES string of the molecule is COc1ccc2c(c1)[C@@H](N)CC(c1ccc(Cl)cc1)O2. The van der Waals surface area contributed by atoms with Gasteiger partial charge in [0.1, 0.15) is 17.6 Å². The molecule has 0 radical (unpaired) electrons. The molecule has 0 saturated heterocycles. The van der Waals surface area contributed by atoms with E-state index in [4.69, 9.17) is 26.8 Å². The molecule has 1 heterocycles. The van der Waals surface area contributed by atoms with Crippen LogP contribution in [-0.2, 0) is 0 Å². The van der Waals surface area contributed by atoms with Gasteiger partial charge in [-0.25, -0.2) is 0 Å². The third-order valence-corrected chi connectivity index (χ3v) is 3.85. The molecular formula is C16H16ClNO2. The van der Waals surface area contributed by atoms with Crippen molar-refractivity contribution in [2.75, 3.05) is 7.11 Å². The summed E-state index contributed by atoms with van der Waals surface area (Å²) in [6.07, 6.45) is 0.699. The zero-order chi connectivity index (χ0) is 14.1. The van der Waals surface area contributed by atoms with Gasteiger partial charge in [-0.1, -0.05) is 23.7 Å². The van der Waals surface area contributed by atoms with Crippen LogP contribution in [0.15, 0.2) is 42.5 Å². The Hall–Kier alpha value is -1.71. The molecule has 3 rings (SSSR count). The molecule has 20 heavy (non-hydrogen) atoms. The second-order valence-corrected chi connectivity index (χ2v) is 5.34. The van der Waals surface area contributed by atoms with Crippen LogP contribution in [0.25, 0.3) is 0 Å². The zero-order valence-corrected chi connectivity index (χ0v) is 11.9. The monoisotopic (exact) mass is 289 g/mol. The van der Waals surface area contributed by atoms with Crippen molar-refractivity contribution in [2.45, 2.75) is 18.6 Å². The molecule has 4 heteroatoms. The summed E-state index contributed by atoms with van der Waals surface area (Å²) in [6.45, 7) is 0. The van der Waals surface area contributed by atoms with Gasteiger partial charge >= 0.3 is 0 Å². The van der Waals surface area contributed by atoms with Gasteiger partial charge in [0.05, 0.1) is 7.11 Å². The van der Waals surface area contributed by atoms with Gasteiger partial charge in [-0.3, -0.25) is 0 Å². The lowest BCUT2D eigenvalue weighted by molar-refractivity contribution is 0.161. The van der Waals surface area contributed by atoms with E-state index in [2.05, 4.69) is 0 Å². The number of rotatable bonds is 2. The van der Waals surface area contributed by atoms with E-state index in [1.165, 1.54) is 0 Å². The third kappa shape index (κ3) is 2.47. The second-order valence-electron chi connectivity index (χ2n) is 4.90. The van der Waals surface area contributed by atoms with Crippen LogP contribution in [0, 0.1) is 0 Å². The zero-order valence-electron chi connectivity index (χ0n) is 11.2. The second kappa shape index (κ2) is 5.35. The van der Waals surface area contributed by atoms with Gasteiger partial charge in [-0.05, 0) is 35.9 Å². The van der Waals surface area contributed by atoms with Crippen LogP contribution in [0.3, 0.4) is 0 Å². The van der Waals surface area contributed by atoms with Crippen molar-refractivity contribution in [1.82, 2.24) is 0 Å². The molecule has 0 spiro atoms. The molecule has 2 aromatic carbocycles. The fraction of sp³-hybridized carbons (Fsp3) is 0.250. The van der Waals surface area contributed by atoms with Gasteiger partial charge in [-0.15, -0.1) is 0 Å². The van der Waals surface area contributed by atoms with E-state index >= 15 is 0 Å². The molecule has 1 unspecified atom stereocenters. The minimum absolute atomic E-state index is 0.0387. The summed E-state index contributed by atoms with van der Waals surface area (Å²) in [4.78, 5) is 0. The van der Waals surface area contributed by atoms with E-state index in [0.29, 0.717) is 0 Å². The average molecular weight is 290 g/mol. The molecule has 0 saturated carbocycles. The van der Waals surface area contributed by atoms with Crippen molar-refractivity contribution in [3.63, 3.8) is 0 Å². The van der Waals surface area contributed by atoms with Gasteiger partial charge in [0.15, 0.2) is 0 Å². The molecule has 0 aromatic heterocycles. The van der Waals surface area contributed by atoms with Crippen LogP contribution in [0.5, 0.6) is 11.5 Å². The summed E-state index contributed by atoms with van der Waals surface area (Å²) in [5, 5.41) is 0.721. The lowest BCUT2D eigenvalue weighted by atomic mass is 9.93. The molecule has 2 atom stereocenters. The number of ether oxygens (including phenoxy) is 2. The smallest absolute Gasteiger partial charge is 0.126 e. The molecule has 0 bridgehead atoms. The van der Waals surface area contributed by atoms with Crippen LogP contribution in [-0.4, -0.2) is 7.11 Å². The summed E-state index contributed by atoms with van der Waals surface area (Å²) in [7, 11) is 1.65. The Morgan fingerprint density at radius 2 is 1.95 bits per heavy atom. The standard InChI is InChI=1S/C16H16ClNO2/c1-19-12-6-7-15-13(8-12)14(18)9-16(20-15)10-2-4-11(17)5-3-10/h2-8,14,16H,9,18H2,1H3/t14-,16?/m0/s1. The Bertz CT molecular complexity index is 612. The normalized spacial score (nSPS) is 20.9. The number of methoxy groups -OCH3 is 1. The fourth-order valence-corrected chi connectivity index (χ4v) is 2.62. The minimum atomic E-state index is -0.0606. The molecule has 3 nitrogen and oxygen atoms in total. The Balaban J connectivity index is 1.90. The minimum Gasteiger partial charge on any atom is -0.497 e. The van der Waals surface area contributed by atoms with E-state index in [9.17, 15) is 0 Å². The molecule has 1 aliphatic rings. The highest BCUT2D eigenvalue weighted by atomic mass is 35.5. The number of nitrogens with two attached hydrogens (primary N) is 1. The molecule has 2 N–H and O–H groups in total. The Morgan fingerprint density at radius 1 is 1.20 bits per heavy atom. The third-order valence-electron chi connectivity index (χ3n) is 3.60. The number of hydrogen-bond donors (Lipinski definition) is 1. The first-order chi connectivity index (χ1) is 9.67. The lowest BCUT2D eigenvalue weighted by Gasteiger charge is -2.30. The molecular weight excluding hydrogens is 274 g/mol. The van der Waals surface area contributed by atoms with Gasteiger partial charge < -0.3 is 15.2 Å². The van der Waals surface area contributed by atoms with Gasteiger partial charge in [0.25, 0.3) is 0 Å². The van der Waals surface area contributed by atoms with Crippen LogP contribution in [0.1, 0.15) is 29.7 Å². The Kier molecular flexibility index (Phi) is 3.55. The van der Waals surface area contributed by atoms with Gasteiger partial charge in [0.2, 0.25) is 0 Å². The van der Waals surface area contributed by atoms with Crippen molar-refractivity contribution in [3.05, 3.63) is 58.6 Å². The molecule has 0 amide bonds. The highest BCUT2D eigenvalue weighted by Gasteiger charge is 2.27. The summed E-state index contributed by atoms with van der Waals surface area (Å²) in [6, 6.07) is 13.4. The Morgan fingerprint density at radius 3 is 2.65 bits per heavy atom. The van der Waals surface area contributed by atoms with Crippen molar-refractivity contribution in [1.29, 1.82) is 0 Å². The highest BCUT2D eigenvalue weighted by molar-refractivity contribution is 6.30. The van der Waals surface area contributed by atoms with E-state index in [0.717, 1.165) is 34.1 Å². The number of halogens is 1. The van der Waals surface area contributed by atoms with Crippen LogP contribution < -0.4 is 15.2 Å². The fourth-order valence-electron chi connectivity index (χ4n) is 2.49. The number of benzene rings is 2.